The minimum absolute atomic E-state index is 0. The van der Waals surface area contributed by atoms with Gasteiger partial charge in [-0.15, -0.1) is 12.4 Å². The first kappa shape index (κ1) is 18.2. The highest BCUT2D eigenvalue weighted by Gasteiger charge is 2.39. The number of amides is 1. The number of halogens is 2. The van der Waals surface area contributed by atoms with E-state index in [1.54, 1.807) is 0 Å². The molecule has 2 rings (SSSR count). The van der Waals surface area contributed by atoms with Crippen molar-refractivity contribution in [3.63, 3.8) is 0 Å². The van der Waals surface area contributed by atoms with Crippen molar-refractivity contribution in [1.29, 1.82) is 0 Å². The van der Waals surface area contributed by atoms with Crippen molar-refractivity contribution in [2.75, 3.05) is 19.8 Å². The zero-order valence-electron chi connectivity index (χ0n) is 12.1. The van der Waals surface area contributed by atoms with E-state index in [-0.39, 0.29) is 24.4 Å². The molecule has 1 fully saturated rings. The van der Waals surface area contributed by atoms with Crippen molar-refractivity contribution in [2.24, 2.45) is 11.1 Å². The quantitative estimate of drug-likeness (QED) is 0.890. The van der Waals surface area contributed by atoms with Crippen LogP contribution in [-0.4, -0.2) is 25.7 Å². The Labute approximate surface area is 136 Å². The van der Waals surface area contributed by atoms with Crippen LogP contribution in [-0.2, 0) is 9.53 Å². The minimum Gasteiger partial charge on any atom is -0.381 e. The Morgan fingerprint density at radius 2 is 1.95 bits per heavy atom. The molecule has 118 valence electrons. The summed E-state index contributed by atoms with van der Waals surface area (Å²) in [5, 5.41) is 3.75. The summed E-state index contributed by atoms with van der Waals surface area (Å²) in [5.41, 5.74) is 6.38. The molecular formula is C15H22Cl2N2O2. The van der Waals surface area contributed by atoms with E-state index in [9.17, 15) is 4.79 Å². The molecule has 1 atom stereocenters. The molecule has 1 saturated heterocycles. The van der Waals surface area contributed by atoms with Crippen LogP contribution in [0.5, 0.6) is 0 Å². The number of benzene rings is 1. The third-order valence-electron chi connectivity index (χ3n) is 4.04. The van der Waals surface area contributed by atoms with E-state index in [2.05, 4.69) is 5.32 Å². The summed E-state index contributed by atoms with van der Waals surface area (Å²) in [4.78, 5) is 12.5. The molecule has 1 aliphatic heterocycles. The largest absolute Gasteiger partial charge is 0.381 e. The maximum atomic E-state index is 12.5. The summed E-state index contributed by atoms with van der Waals surface area (Å²) >= 11 is 5.87. The number of hydrogen-bond donors (Lipinski definition) is 2. The molecule has 1 amide bonds. The lowest BCUT2D eigenvalue weighted by Gasteiger charge is -2.35. The Hall–Kier alpha value is -0.810. The molecular weight excluding hydrogens is 311 g/mol. The van der Waals surface area contributed by atoms with Crippen LogP contribution in [0.25, 0.3) is 0 Å². The zero-order chi connectivity index (χ0) is 14.6. The first-order valence-electron chi connectivity index (χ1n) is 6.92. The van der Waals surface area contributed by atoms with Crippen LogP contribution in [0, 0.1) is 5.41 Å². The number of carbonyl (C=O) groups is 1. The van der Waals surface area contributed by atoms with Crippen LogP contribution in [0.3, 0.4) is 0 Å². The molecule has 0 saturated carbocycles. The van der Waals surface area contributed by atoms with E-state index < -0.39 is 5.41 Å². The highest BCUT2D eigenvalue weighted by molar-refractivity contribution is 6.30. The molecule has 3 N–H and O–H groups in total. The molecule has 1 aliphatic rings. The Kier molecular flexibility index (Phi) is 6.94. The van der Waals surface area contributed by atoms with Crippen LogP contribution >= 0.6 is 24.0 Å². The fraction of sp³-hybridized carbons (Fsp3) is 0.533. The third-order valence-corrected chi connectivity index (χ3v) is 4.29. The first-order valence-corrected chi connectivity index (χ1v) is 7.29. The van der Waals surface area contributed by atoms with E-state index in [1.807, 2.05) is 31.2 Å². The predicted octanol–water partition coefficient (Wildman–Crippen LogP) is 2.69. The summed E-state index contributed by atoms with van der Waals surface area (Å²) in [6.45, 7) is 3.51. The summed E-state index contributed by atoms with van der Waals surface area (Å²) in [5.74, 6) is 0.0192. The molecule has 6 heteroatoms. The molecule has 1 aromatic carbocycles. The maximum Gasteiger partial charge on any atom is 0.228 e. The standard InChI is InChI=1S/C15H21ClN2O2.ClH/c1-11(12-2-4-13(16)5-3-12)18-14(19)15(10-17)6-8-20-9-7-15;/h2-5,11H,6-10,17H2,1H3,(H,18,19);1H. The van der Waals surface area contributed by atoms with Gasteiger partial charge < -0.3 is 15.8 Å². The van der Waals surface area contributed by atoms with Gasteiger partial charge in [0.2, 0.25) is 5.91 Å². The first-order chi connectivity index (χ1) is 9.57. The summed E-state index contributed by atoms with van der Waals surface area (Å²) in [6, 6.07) is 7.43. The molecule has 21 heavy (non-hydrogen) atoms. The van der Waals surface area contributed by atoms with Crippen molar-refractivity contribution >= 4 is 29.9 Å². The summed E-state index contributed by atoms with van der Waals surface area (Å²) in [6.07, 6.45) is 1.37. The third kappa shape index (κ3) is 4.33. The van der Waals surface area contributed by atoms with Gasteiger partial charge in [0.1, 0.15) is 0 Å². The number of nitrogens with two attached hydrogens (primary N) is 1. The second kappa shape index (κ2) is 7.99. The van der Waals surface area contributed by atoms with Gasteiger partial charge in [0, 0.05) is 24.8 Å². The molecule has 0 radical (unpaired) electrons. The van der Waals surface area contributed by atoms with Crippen LogP contribution in [0.4, 0.5) is 0 Å². The van der Waals surface area contributed by atoms with Gasteiger partial charge in [-0.3, -0.25) is 4.79 Å². The van der Waals surface area contributed by atoms with Gasteiger partial charge in [0.05, 0.1) is 11.5 Å². The number of nitrogens with one attached hydrogen (secondary N) is 1. The van der Waals surface area contributed by atoms with E-state index in [4.69, 9.17) is 22.1 Å². The molecule has 1 unspecified atom stereocenters. The van der Waals surface area contributed by atoms with Crippen molar-refractivity contribution in [1.82, 2.24) is 5.32 Å². The van der Waals surface area contributed by atoms with Crippen molar-refractivity contribution in [3.05, 3.63) is 34.9 Å². The summed E-state index contributed by atoms with van der Waals surface area (Å²) < 4.78 is 5.33. The van der Waals surface area contributed by atoms with Crippen LogP contribution in [0.15, 0.2) is 24.3 Å². The van der Waals surface area contributed by atoms with Gasteiger partial charge >= 0.3 is 0 Å². The van der Waals surface area contributed by atoms with Gasteiger partial charge in [0.15, 0.2) is 0 Å². The molecule has 1 aromatic rings. The van der Waals surface area contributed by atoms with Gasteiger partial charge in [-0.05, 0) is 37.5 Å². The molecule has 4 nitrogen and oxygen atoms in total. The van der Waals surface area contributed by atoms with Gasteiger partial charge in [-0.2, -0.15) is 0 Å². The topological polar surface area (TPSA) is 64.4 Å². The van der Waals surface area contributed by atoms with Crippen LogP contribution in [0.1, 0.15) is 31.4 Å². The van der Waals surface area contributed by atoms with Gasteiger partial charge in [-0.1, -0.05) is 23.7 Å². The van der Waals surface area contributed by atoms with Crippen molar-refractivity contribution in [2.45, 2.75) is 25.8 Å². The second-order valence-corrected chi connectivity index (χ2v) is 5.78. The lowest BCUT2D eigenvalue weighted by atomic mass is 9.79. The van der Waals surface area contributed by atoms with Gasteiger partial charge in [0.25, 0.3) is 0 Å². The normalized spacial score (nSPS) is 18.4. The van der Waals surface area contributed by atoms with E-state index in [0.29, 0.717) is 37.6 Å². The molecule has 0 aromatic heterocycles. The fourth-order valence-electron chi connectivity index (χ4n) is 2.47. The fourth-order valence-corrected chi connectivity index (χ4v) is 2.60. The SMILES string of the molecule is CC(NC(=O)C1(CN)CCOCC1)c1ccc(Cl)cc1.Cl. The average molecular weight is 333 g/mol. The molecule has 0 bridgehead atoms. The molecule has 0 spiro atoms. The number of rotatable bonds is 4. The highest BCUT2D eigenvalue weighted by atomic mass is 35.5. The molecule has 0 aliphatic carbocycles. The van der Waals surface area contributed by atoms with Crippen molar-refractivity contribution in [3.8, 4) is 0 Å². The minimum atomic E-state index is -0.487. The second-order valence-electron chi connectivity index (χ2n) is 5.34. The smallest absolute Gasteiger partial charge is 0.228 e. The van der Waals surface area contributed by atoms with Crippen LogP contribution in [0.2, 0.25) is 5.02 Å². The Morgan fingerprint density at radius 3 is 2.48 bits per heavy atom. The zero-order valence-corrected chi connectivity index (χ0v) is 13.7. The number of hydrogen-bond acceptors (Lipinski definition) is 3. The molecule has 1 heterocycles. The highest BCUT2D eigenvalue weighted by Crippen LogP contribution is 2.30. The van der Waals surface area contributed by atoms with E-state index in [1.165, 1.54) is 0 Å². The van der Waals surface area contributed by atoms with E-state index >= 15 is 0 Å². The lowest BCUT2D eigenvalue weighted by molar-refractivity contribution is -0.136. The van der Waals surface area contributed by atoms with E-state index in [0.717, 1.165) is 5.56 Å². The Balaban J connectivity index is 0.00000220. The predicted molar refractivity (Wildman–Crippen MR) is 86.8 cm³/mol. The lowest BCUT2D eigenvalue weighted by Crippen LogP contribution is -2.49. The number of carbonyl (C=O) groups excluding carboxylic acids is 1. The maximum absolute atomic E-state index is 12.5. The monoisotopic (exact) mass is 332 g/mol. The number of ether oxygens (including phenoxy) is 1. The van der Waals surface area contributed by atoms with Crippen LogP contribution < -0.4 is 11.1 Å². The average Bonchev–Trinajstić information content (AvgIpc) is 2.48. The summed E-state index contributed by atoms with van der Waals surface area (Å²) in [7, 11) is 0. The Bertz CT molecular complexity index is 459. The Morgan fingerprint density at radius 1 is 1.38 bits per heavy atom. The van der Waals surface area contributed by atoms with Gasteiger partial charge in [-0.25, -0.2) is 0 Å². The van der Waals surface area contributed by atoms with Crippen molar-refractivity contribution < 1.29 is 9.53 Å².